The summed E-state index contributed by atoms with van der Waals surface area (Å²) >= 11 is 5.90. The van der Waals surface area contributed by atoms with Crippen molar-refractivity contribution in [3.05, 3.63) is 64.7 Å². The van der Waals surface area contributed by atoms with Crippen LogP contribution in [0.5, 0.6) is 0 Å². The summed E-state index contributed by atoms with van der Waals surface area (Å²) in [6.07, 6.45) is 1.51. The fraction of sp³-hybridized carbons (Fsp3) is 0.250. The van der Waals surface area contributed by atoms with E-state index in [9.17, 15) is 9.18 Å². The number of pyridine rings is 1. The van der Waals surface area contributed by atoms with E-state index < -0.39 is 0 Å². The highest BCUT2D eigenvalue weighted by atomic mass is 35.5. The largest absolute Gasteiger partial charge is 0.331 e. The first-order chi connectivity index (χ1) is 10.0. The van der Waals surface area contributed by atoms with Gasteiger partial charge < -0.3 is 4.90 Å². The fourth-order valence-electron chi connectivity index (χ4n) is 2.18. The zero-order chi connectivity index (χ0) is 15.4. The van der Waals surface area contributed by atoms with Crippen molar-refractivity contribution in [3.63, 3.8) is 0 Å². The van der Waals surface area contributed by atoms with Gasteiger partial charge in [0.15, 0.2) is 0 Å². The molecule has 0 aliphatic carbocycles. The zero-order valence-electron chi connectivity index (χ0n) is 11.9. The fourth-order valence-corrected chi connectivity index (χ4v) is 2.34. The maximum absolute atomic E-state index is 13.0. The van der Waals surface area contributed by atoms with Crippen LogP contribution in [0.15, 0.2) is 42.6 Å². The molecule has 0 aliphatic heterocycles. The number of amides is 1. The minimum Gasteiger partial charge on any atom is -0.331 e. The van der Waals surface area contributed by atoms with Gasteiger partial charge in [-0.15, -0.1) is 0 Å². The van der Waals surface area contributed by atoms with Crippen molar-refractivity contribution >= 4 is 17.5 Å². The van der Waals surface area contributed by atoms with E-state index in [0.29, 0.717) is 17.3 Å². The molecule has 1 aromatic heterocycles. The molecule has 110 valence electrons. The first-order valence-electron chi connectivity index (χ1n) is 6.71. The predicted molar refractivity (Wildman–Crippen MR) is 80.8 cm³/mol. The van der Waals surface area contributed by atoms with Gasteiger partial charge in [0.05, 0.1) is 6.04 Å². The van der Waals surface area contributed by atoms with Gasteiger partial charge in [-0.2, -0.15) is 0 Å². The van der Waals surface area contributed by atoms with E-state index >= 15 is 0 Å². The molecule has 1 aromatic carbocycles. The standard InChI is InChI=1S/C16H16ClFN2O/c1-3-20(11(2)12-4-6-14(18)7-5-12)16(21)15-10-13(17)8-9-19-15/h4-11H,3H2,1-2H3. The van der Waals surface area contributed by atoms with Crippen molar-refractivity contribution in [2.24, 2.45) is 0 Å². The Bertz CT molecular complexity index is 630. The minimum absolute atomic E-state index is 0.177. The first kappa shape index (κ1) is 15.4. The van der Waals surface area contributed by atoms with Crippen molar-refractivity contribution in [1.29, 1.82) is 0 Å². The van der Waals surface area contributed by atoms with Gasteiger partial charge in [0.2, 0.25) is 0 Å². The summed E-state index contributed by atoms with van der Waals surface area (Å²) in [6, 6.07) is 9.14. The summed E-state index contributed by atoms with van der Waals surface area (Å²) in [7, 11) is 0. The number of aromatic nitrogens is 1. The lowest BCUT2D eigenvalue weighted by molar-refractivity contribution is 0.0696. The van der Waals surface area contributed by atoms with Crippen molar-refractivity contribution < 1.29 is 9.18 Å². The molecule has 0 bridgehead atoms. The molecular formula is C16H16ClFN2O. The van der Waals surface area contributed by atoms with E-state index in [4.69, 9.17) is 11.6 Å². The van der Waals surface area contributed by atoms with Crippen molar-refractivity contribution in [2.75, 3.05) is 6.54 Å². The SMILES string of the molecule is CCN(C(=O)c1cc(Cl)ccn1)C(C)c1ccc(F)cc1. The number of halogens is 2. The highest BCUT2D eigenvalue weighted by Crippen LogP contribution is 2.22. The molecular weight excluding hydrogens is 291 g/mol. The Kier molecular flexibility index (Phi) is 4.91. The molecule has 2 rings (SSSR count). The number of hydrogen-bond acceptors (Lipinski definition) is 2. The third kappa shape index (κ3) is 3.58. The summed E-state index contributed by atoms with van der Waals surface area (Å²) in [5.41, 5.74) is 1.17. The smallest absolute Gasteiger partial charge is 0.272 e. The van der Waals surface area contributed by atoms with Gasteiger partial charge in [-0.05, 0) is 43.7 Å². The molecule has 5 heteroatoms. The molecule has 3 nitrogen and oxygen atoms in total. The van der Waals surface area contributed by atoms with Gasteiger partial charge in [-0.25, -0.2) is 4.39 Å². The quantitative estimate of drug-likeness (QED) is 0.852. The Hall–Kier alpha value is -1.94. The number of benzene rings is 1. The Labute approximate surface area is 128 Å². The normalized spacial score (nSPS) is 12.0. The number of nitrogens with zero attached hydrogens (tertiary/aromatic N) is 2. The second-order valence-corrected chi connectivity index (χ2v) is 5.11. The van der Waals surface area contributed by atoms with E-state index in [0.717, 1.165) is 5.56 Å². The number of carbonyl (C=O) groups is 1. The van der Waals surface area contributed by atoms with Crippen molar-refractivity contribution in [3.8, 4) is 0 Å². The third-order valence-electron chi connectivity index (χ3n) is 3.36. The van der Waals surface area contributed by atoms with E-state index in [2.05, 4.69) is 4.98 Å². The van der Waals surface area contributed by atoms with Crippen LogP contribution in [-0.4, -0.2) is 22.3 Å². The van der Waals surface area contributed by atoms with E-state index in [1.54, 1.807) is 29.2 Å². The molecule has 1 unspecified atom stereocenters. The van der Waals surface area contributed by atoms with E-state index in [1.165, 1.54) is 18.3 Å². The average Bonchev–Trinajstić information content (AvgIpc) is 2.48. The van der Waals surface area contributed by atoms with Crippen LogP contribution in [-0.2, 0) is 0 Å². The van der Waals surface area contributed by atoms with Crippen LogP contribution in [0.3, 0.4) is 0 Å². The molecule has 0 saturated carbocycles. The lowest BCUT2D eigenvalue weighted by Gasteiger charge is -2.28. The van der Waals surface area contributed by atoms with Crippen molar-refractivity contribution in [2.45, 2.75) is 19.9 Å². The predicted octanol–water partition coefficient (Wildman–Crippen LogP) is 4.10. The van der Waals surface area contributed by atoms with Crippen LogP contribution in [0, 0.1) is 5.82 Å². The maximum Gasteiger partial charge on any atom is 0.272 e. The zero-order valence-corrected chi connectivity index (χ0v) is 12.6. The number of rotatable bonds is 4. The second kappa shape index (κ2) is 6.68. The Morgan fingerprint density at radius 2 is 2.00 bits per heavy atom. The topological polar surface area (TPSA) is 33.2 Å². The molecule has 21 heavy (non-hydrogen) atoms. The van der Waals surface area contributed by atoms with Gasteiger partial charge in [0.25, 0.3) is 5.91 Å². The first-order valence-corrected chi connectivity index (χ1v) is 7.08. The summed E-state index contributed by atoms with van der Waals surface area (Å²) in [5, 5.41) is 0.471. The Morgan fingerprint density at radius 1 is 1.33 bits per heavy atom. The lowest BCUT2D eigenvalue weighted by Crippen LogP contribution is -2.34. The van der Waals surface area contributed by atoms with Gasteiger partial charge in [-0.1, -0.05) is 23.7 Å². The molecule has 0 saturated heterocycles. The number of carbonyl (C=O) groups excluding carboxylic acids is 1. The summed E-state index contributed by atoms with van der Waals surface area (Å²) in [4.78, 5) is 18.3. The molecule has 0 aliphatic rings. The minimum atomic E-state index is -0.295. The average molecular weight is 307 g/mol. The van der Waals surface area contributed by atoms with Crippen LogP contribution in [0.25, 0.3) is 0 Å². The highest BCUT2D eigenvalue weighted by Gasteiger charge is 2.22. The third-order valence-corrected chi connectivity index (χ3v) is 3.60. The van der Waals surface area contributed by atoms with Gasteiger partial charge in [-0.3, -0.25) is 9.78 Å². The summed E-state index contributed by atoms with van der Waals surface area (Å²) in [5.74, 6) is -0.492. The molecule has 0 spiro atoms. The van der Waals surface area contributed by atoms with Gasteiger partial charge >= 0.3 is 0 Å². The molecule has 1 amide bonds. The molecule has 1 heterocycles. The second-order valence-electron chi connectivity index (χ2n) is 4.68. The highest BCUT2D eigenvalue weighted by molar-refractivity contribution is 6.30. The van der Waals surface area contributed by atoms with Crippen molar-refractivity contribution in [1.82, 2.24) is 9.88 Å². The van der Waals surface area contributed by atoms with E-state index in [-0.39, 0.29) is 17.8 Å². The molecule has 2 aromatic rings. The Balaban J connectivity index is 2.26. The van der Waals surface area contributed by atoms with Crippen LogP contribution in [0.4, 0.5) is 4.39 Å². The number of hydrogen-bond donors (Lipinski definition) is 0. The molecule has 1 atom stereocenters. The maximum atomic E-state index is 13.0. The van der Waals surface area contributed by atoms with Crippen LogP contribution in [0.1, 0.15) is 35.9 Å². The molecule has 0 radical (unpaired) electrons. The van der Waals surface area contributed by atoms with E-state index in [1.807, 2.05) is 13.8 Å². The van der Waals surface area contributed by atoms with Crippen LogP contribution < -0.4 is 0 Å². The monoisotopic (exact) mass is 306 g/mol. The summed E-state index contributed by atoms with van der Waals surface area (Å²) in [6.45, 7) is 4.31. The lowest BCUT2D eigenvalue weighted by atomic mass is 10.1. The molecule has 0 N–H and O–H groups in total. The summed E-state index contributed by atoms with van der Waals surface area (Å²) < 4.78 is 13.0. The van der Waals surface area contributed by atoms with Crippen LogP contribution in [0.2, 0.25) is 5.02 Å². The van der Waals surface area contributed by atoms with Gasteiger partial charge in [0.1, 0.15) is 11.5 Å². The Morgan fingerprint density at radius 3 is 2.57 bits per heavy atom. The molecule has 0 fully saturated rings. The van der Waals surface area contributed by atoms with Gasteiger partial charge in [0, 0.05) is 17.8 Å². The van der Waals surface area contributed by atoms with Crippen LogP contribution >= 0.6 is 11.6 Å².